The van der Waals surface area contributed by atoms with Crippen LogP contribution in [0.3, 0.4) is 0 Å². The van der Waals surface area contributed by atoms with Crippen LogP contribution in [-0.4, -0.2) is 23.5 Å². The van der Waals surface area contributed by atoms with Crippen LogP contribution in [0.2, 0.25) is 0 Å². The highest BCUT2D eigenvalue weighted by Gasteiger charge is 2.40. The van der Waals surface area contributed by atoms with Gasteiger partial charge in [-0.25, -0.2) is 9.69 Å². The summed E-state index contributed by atoms with van der Waals surface area (Å²) in [5, 5.41) is 0. The Balaban J connectivity index is 2.23. The van der Waals surface area contributed by atoms with Gasteiger partial charge in [0.25, 0.3) is 0 Å². The van der Waals surface area contributed by atoms with Gasteiger partial charge in [-0.1, -0.05) is 36.4 Å². The van der Waals surface area contributed by atoms with Crippen molar-refractivity contribution >= 4 is 12.0 Å². The van der Waals surface area contributed by atoms with Crippen molar-refractivity contribution in [1.29, 1.82) is 0 Å². The van der Waals surface area contributed by atoms with E-state index in [0.717, 1.165) is 10.5 Å². The van der Waals surface area contributed by atoms with Crippen LogP contribution in [0.1, 0.15) is 11.6 Å². The molecule has 4 heteroatoms. The Labute approximate surface area is 112 Å². The second-order valence-corrected chi connectivity index (χ2v) is 4.11. The van der Waals surface area contributed by atoms with Crippen LogP contribution in [0, 0.1) is 19.3 Å². The molecule has 1 saturated heterocycles. The van der Waals surface area contributed by atoms with Gasteiger partial charge in [0.2, 0.25) is 5.91 Å². The molecule has 1 aliphatic heterocycles. The van der Waals surface area contributed by atoms with Crippen molar-refractivity contribution in [2.45, 2.75) is 6.04 Å². The Kier molecular flexibility index (Phi) is 4.00. The summed E-state index contributed by atoms with van der Waals surface area (Å²) in [7, 11) is 0. The molecule has 0 aromatic heterocycles. The minimum absolute atomic E-state index is 0.163. The summed E-state index contributed by atoms with van der Waals surface area (Å²) in [4.78, 5) is 25.0. The van der Waals surface area contributed by atoms with E-state index in [9.17, 15) is 9.59 Å². The quantitative estimate of drug-likeness (QED) is 0.831. The van der Waals surface area contributed by atoms with Crippen molar-refractivity contribution in [3.05, 3.63) is 67.8 Å². The minimum Gasteiger partial charge on any atom is -0.446 e. The molecule has 0 aliphatic carbocycles. The summed E-state index contributed by atoms with van der Waals surface area (Å²) < 4.78 is 4.97. The number of amides is 2. The van der Waals surface area contributed by atoms with Crippen LogP contribution < -0.4 is 0 Å². The van der Waals surface area contributed by atoms with Crippen LogP contribution >= 0.6 is 0 Å². The average Bonchev–Trinajstić information content (AvgIpc) is 2.81. The van der Waals surface area contributed by atoms with Gasteiger partial charge in [-0.05, 0) is 18.9 Å². The lowest BCUT2D eigenvalue weighted by Gasteiger charge is -2.22. The van der Waals surface area contributed by atoms with E-state index < -0.39 is 18.0 Å². The molecule has 1 fully saturated rings. The first-order chi connectivity index (χ1) is 9.15. The van der Waals surface area contributed by atoms with E-state index in [4.69, 9.17) is 4.74 Å². The average molecular weight is 256 g/mol. The molecule has 1 heterocycles. The minimum atomic E-state index is -0.641. The Morgan fingerprint density at radius 3 is 2.68 bits per heavy atom. The van der Waals surface area contributed by atoms with Gasteiger partial charge in [-0.2, -0.15) is 0 Å². The number of hydrogen-bond donors (Lipinski definition) is 0. The summed E-state index contributed by atoms with van der Waals surface area (Å²) in [6, 6.07) is 8.88. The largest absolute Gasteiger partial charge is 0.446 e. The SMILES string of the molecule is [CH2][C]([CH]C=C)C(=O)N1C(=O)OC[C@@H]1c1ccccc1. The maximum Gasteiger partial charge on any atom is 0.417 e. The zero-order valence-corrected chi connectivity index (χ0v) is 10.4. The number of imide groups is 1. The second-order valence-electron chi connectivity index (χ2n) is 4.11. The van der Waals surface area contributed by atoms with E-state index in [-0.39, 0.29) is 12.5 Å². The van der Waals surface area contributed by atoms with Crippen LogP contribution in [0.25, 0.3) is 0 Å². The first-order valence-corrected chi connectivity index (χ1v) is 5.85. The lowest BCUT2D eigenvalue weighted by atomic mass is 10.0. The van der Waals surface area contributed by atoms with Crippen molar-refractivity contribution < 1.29 is 14.3 Å². The first-order valence-electron chi connectivity index (χ1n) is 5.85. The Bertz CT molecular complexity index is 483. The fourth-order valence-electron chi connectivity index (χ4n) is 1.93. The van der Waals surface area contributed by atoms with Crippen LogP contribution in [0.5, 0.6) is 0 Å². The summed E-state index contributed by atoms with van der Waals surface area (Å²) in [5.74, 6) is -0.258. The number of ether oxygens (including phenoxy) is 1. The van der Waals surface area contributed by atoms with Gasteiger partial charge < -0.3 is 4.74 Å². The highest BCUT2D eigenvalue weighted by Crippen LogP contribution is 2.29. The standard InChI is InChI=1S/C15H14NO3/c1-3-7-11(2)14(17)16-13(10-19-15(16)18)12-8-5-4-6-9-12/h3-9,13H,1-2,10H2/t13-/m1/s1. The summed E-state index contributed by atoms with van der Waals surface area (Å²) in [6.07, 6.45) is 2.28. The Morgan fingerprint density at radius 2 is 2.05 bits per heavy atom. The highest BCUT2D eigenvalue weighted by atomic mass is 16.6. The second kappa shape index (κ2) is 5.69. The zero-order valence-electron chi connectivity index (χ0n) is 10.4. The normalized spacial score (nSPS) is 18.5. The first kappa shape index (κ1) is 13.3. The summed E-state index contributed by atoms with van der Waals surface area (Å²) >= 11 is 0. The van der Waals surface area contributed by atoms with Gasteiger partial charge in [0.15, 0.2) is 0 Å². The van der Waals surface area contributed by atoms with E-state index in [1.54, 1.807) is 0 Å². The molecule has 0 N–H and O–H groups in total. The molecule has 0 spiro atoms. The molecule has 4 nitrogen and oxygen atoms in total. The molecule has 0 bridgehead atoms. The van der Waals surface area contributed by atoms with Gasteiger partial charge in [0.1, 0.15) is 12.6 Å². The van der Waals surface area contributed by atoms with Crippen molar-refractivity contribution in [2.75, 3.05) is 6.61 Å². The van der Waals surface area contributed by atoms with Crippen molar-refractivity contribution in [3.63, 3.8) is 0 Å². The Morgan fingerprint density at radius 1 is 1.37 bits per heavy atom. The van der Waals surface area contributed by atoms with Crippen LogP contribution in [-0.2, 0) is 9.53 Å². The van der Waals surface area contributed by atoms with E-state index in [1.807, 2.05) is 30.3 Å². The molecule has 2 rings (SSSR count). The third kappa shape index (κ3) is 2.67. The molecule has 1 aromatic rings. The van der Waals surface area contributed by atoms with Crippen LogP contribution in [0.15, 0.2) is 43.0 Å². The number of benzene rings is 1. The number of carbonyl (C=O) groups is 2. The van der Waals surface area contributed by atoms with E-state index in [2.05, 4.69) is 13.5 Å². The number of cyclic esters (lactones) is 1. The lowest BCUT2D eigenvalue weighted by Crippen LogP contribution is -2.37. The molecule has 0 saturated carbocycles. The maximum absolute atomic E-state index is 12.2. The predicted molar refractivity (Wildman–Crippen MR) is 70.5 cm³/mol. The van der Waals surface area contributed by atoms with Crippen molar-refractivity contribution in [3.8, 4) is 0 Å². The summed E-state index contributed by atoms with van der Waals surface area (Å²) in [6.45, 7) is 7.29. The fraction of sp³-hybridized carbons (Fsp3) is 0.133. The van der Waals surface area contributed by atoms with Gasteiger partial charge in [-0.3, -0.25) is 4.79 Å². The lowest BCUT2D eigenvalue weighted by molar-refractivity contribution is -0.126. The number of hydrogen-bond acceptors (Lipinski definition) is 3. The molecule has 19 heavy (non-hydrogen) atoms. The maximum atomic E-state index is 12.2. The van der Waals surface area contributed by atoms with Gasteiger partial charge in [0, 0.05) is 0 Å². The number of nitrogens with zero attached hydrogens (tertiary/aromatic N) is 1. The highest BCUT2D eigenvalue weighted by molar-refractivity contribution is 6.03. The van der Waals surface area contributed by atoms with Crippen molar-refractivity contribution in [2.24, 2.45) is 0 Å². The van der Waals surface area contributed by atoms with Gasteiger partial charge in [-0.15, -0.1) is 6.58 Å². The van der Waals surface area contributed by atoms with Gasteiger partial charge >= 0.3 is 6.09 Å². The molecule has 0 unspecified atom stereocenters. The molecular formula is C15H14NO3. The molecule has 3 radical (unpaired) electrons. The van der Waals surface area contributed by atoms with Crippen molar-refractivity contribution in [1.82, 2.24) is 4.90 Å². The Hall–Kier alpha value is -2.10. The summed E-state index contributed by atoms with van der Waals surface area (Å²) in [5.41, 5.74) is 0.855. The molecule has 1 aliphatic rings. The number of carbonyl (C=O) groups excluding carboxylic acids is 2. The smallest absolute Gasteiger partial charge is 0.417 e. The van der Waals surface area contributed by atoms with E-state index >= 15 is 0 Å². The van der Waals surface area contributed by atoms with Crippen LogP contribution in [0.4, 0.5) is 4.79 Å². The van der Waals surface area contributed by atoms with E-state index in [0.29, 0.717) is 0 Å². The topological polar surface area (TPSA) is 46.6 Å². The fourth-order valence-corrected chi connectivity index (χ4v) is 1.93. The number of rotatable bonds is 4. The molecule has 1 atom stereocenters. The monoisotopic (exact) mass is 256 g/mol. The molecular weight excluding hydrogens is 242 g/mol. The molecule has 97 valence electrons. The molecule has 1 aromatic carbocycles. The predicted octanol–water partition coefficient (Wildman–Crippen LogP) is 2.51. The third-order valence-electron chi connectivity index (χ3n) is 2.87. The van der Waals surface area contributed by atoms with Gasteiger partial charge in [0.05, 0.1) is 5.92 Å². The number of allylic oxidation sites excluding steroid dienone is 1. The molecule has 2 amide bonds. The van der Waals surface area contributed by atoms with E-state index in [1.165, 1.54) is 12.5 Å². The third-order valence-corrected chi connectivity index (χ3v) is 2.87. The zero-order chi connectivity index (χ0) is 13.8.